The van der Waals surface area contributed by atoms with Crippen LogP contribution in [0.4, 0.5) is 11.4 Å². The summed E-state index contributed by atoms with van der Waals surface area (Å²) in [5.74, 6) is 0.158. The van der Waals surface area contributed by atoms with Crippen molar-refractivity contribution in [3.63, 3.8) is 0 Å². The van der Waals surface area contributed by atoms with Crippen LogP contribution in [0.5, 0.6) is 5.75 Å². The topological polar surface area (TPSA) is 96.8 Å². The highest BCUT2D eigenvalue weighted by molar-refractivity contribution is 5.65. The summed E-state index contributed by atoms with van der Waals surface area (Å²) in [5.41, 5.74) is 5.42. The molecule has 7 heteroatoms. The van der Waals surface area contributed by atoms with Crippen LogP contribution in [0.25, 0.3) is 0 Å². The van der Waals surface area contributed by atoms with Crippen LogP contribution < -0.4 is 10.5 Å². The predicted octanol–water partition coefficient (Wildman–Crippen LogP) is 1.61. The van der Waals surface area contributed by atoms with E-state index in [9.17, 15) is 10.1 Å². The number of benzene rings is 1. The van der Waals surface area contributed by atoms with Gasteiger partial charge in [0.05, 0.1) is 11.5 Å². The Morgan fingerprint density at radius 2 is 2.05 bits per heavy atom. The highest BCUT2D eigenvalue weighted by atomic mass is 16.6. The van der Waals surface area contributed by atoms with Crippen LogP contribution in [0.2, 0.25) is 0 Å². The number of hydrogen-bond donors (Lipinski definition) is 1. The number of para-hydroxylation sites is 1. The highest BCUT2D eigenvalue weighted by Gasteiger charge is 2.18. The zero-order chi connectivity index (χ0) is 14.1. The van der Waals surface area contributed by atoms with Crippen molar-refractivity contribution in [3.8, 4) is 5.75 Å². The second kappa shape index (κ2) is 8.28. The molecule has 19 heavy (non-hydrogen) atoms. The van der Waals surface area contributed by atoms with Gasteiger partial charge in [-0.1, -0.05) is 6.07 Å². The minimum Gasteiger partial charge on any atom is -0.484 e. The summed E-state index contributed by atoms with van der Waals surface area (Å²) in [6.07, 6.45) is 0.801. The molecule has 0 amide bonds. The van der Waals surface area contributed by atoms with Gasteiger partial charge in [-0.25, -0.2) is 0 Å². The molecule has 2 N–H and O–H groups in total. The molecule has 0 aliphatic carbocycles. The van der Waals surface area contributed by atoms with Gasteiger partial charge in [0, 0.05) is 20.3 Å². The van der Waals surface area contributed by atoms with E-state index < -0.39 is 4.92 Å². The predicted molar refractivity (Wildman–Crippen MR) is 70.3 cm³/mol. The van der Waals surface area contributed by atoms with Crippen LogP contribution in [0.15, 0.2) is 18.2 Å². The lowest BCUT2D eigenvalue weighted by Crippen LogP contribution is -2.10. The van der Waals surface area contributed by atoms with Gasteiger partial charge in [-0.15, -0.1) is 0 Å². The number of ether oxygens (including phenoxy) is 3. The van der Waals surface area contributed by atoms with E-state index in [-0.39, 0.29) is 23.7 Å². The first-order valence-corrected chi connectivity index (χ1v) is 5.89. The zero-order valence-corrected chi connectivity index (χ0v) is 10.8. The van der Waals surface area contributed by atoms with Crippen LogP contribution in [0, 0.1) is 10.1 Å². The van der Waals surface area contributed by atoms with Crippen molar-refractivity contribution in [1.82, 2.24) is 0 Å². The lowest BCUT2D eigenvalue weighted by molar-refractivity contribution is -0.384. The molecular weight excluding hydrogens is 252 g/mol. The molecule has 1 aromatic carbocycles. The summed E-state index contributed by atoms with van der Waals surface area (Å²) in [5, 5.41) is 10.9. The van der Waals surface area contributed by atoms with Gasteiger partial charge in [0.25, 0.3) is 0 Å². The normalized spacial score (nSPS) is 10.4. The summed E-state index contributed by atoms with van der Waals surface area (Å²) < 4.78 is 15.5. The maximum absolute atomic E-state index is 10.9. The van der Waals surface area contributed by atoms with Gasteiger partial charge in [-0.05, 0) is 18.6 Å². The fourth-order valence-corrected chi connectivity index (χ4v) is 1.47. The van der Waals surface area contributed by atoms with Gasteiger partial charge in [-0.3, -0.25) is 10.1 Å². The van der Waals surface area contributed by atoms with Crippen molar-refractivity contribution in [1.29, 1.82) is 0 Å². The number of nitrogens with two attached hydrogens (primary N) is 1. The molecule has 0 radical (unpaired) electrons. The third-order valence-electron chi connectivity index (χ3n) is 2.34. The SMILES string of the molecule is COCCCOCCOc1cccc(N)c1[N+](=O)[O-]. The molecule has 0 aliphatic heterocycles. The molecule has 1 aromatic rings. The Balaban J connectivity index is 2.37. The van der Waals surface area contributed by atoms with Gasteiger partial charge in [-0.2, -0.15) is 0 Å². The number of nitrogen functional groups attached to an aromatic ring is 1. The first kappa shape index (κ1) is 15.2. The first-order valence-electron chi connectivity index (χ1n) is 5.89. The maximum atomic E-state index is 10.9. The largest absolute Gasteiger partial charge is 0.484 e. The van der Waals surface area contributed by atoms with Crippen molar-refractivity contribution >= 4 is 11.4 Å². The smallest absolute Gasteiger partial charge is 0.333 e. The number of hydrogen-bond acceptors (Lipinski definition) is 6. The first-order chi connectivity index (χ1) is 9.16. The molecule has 1 rings (SSSR count). The fraction of sp³-hybridized carbons (Fsp3) is 0.500. The molecule has 0 fully saturated rings. The fourth-order valence-electron chi connectivity index (χ4n) is 1.47. The van der Waals surface area contributed by atoms with E-state index in [4.69, 9.17) is 19.9 Å². The Labute approximate surface area is 111 Å². The van der Waals surface area contributed by atoms with E-state index in [1.807, 2.05) is 0 Å². The average molecular weight is 270 g/mol. The van der Waals surface area contributed by atoms with E-state index in [1.54, 1.807) is 13.2 Å². The lowest BCUT2D eigenvalue weighted by atomic mass is 10.2. The number of anilines is 1. The van der Waals surface area contributed by atoms with E-state index in [0.29, 0.717) is 19.8 Å². The highest BCUT2D eigenvalue weighted by Crippen LogP contribution is 2.32. The molecule has 106 valence electrons. The Morgan fingerprint density at radius 1 is 1.26 bits per heavy atom. The van der Waals surface area contributed by atoms with Crippen molar-refractivity contribution < 1.29 is 19.1 Å². The second-order valence-electron chi connectivity index (χ2n) is 3.76. The van der Waals surface area contributed by atoms with Gasteiger partial charge in [0.1, 0.15) is 12.3 Å². The van der Waals surface area contributed by atoms with Gasteiger partial charge >= 0.3 is 5.69 Å². The molecule has 0 bridgehead atoms. The summed E-state index contributed by atoms with van der Waals surface area (Å²) >= 11 is 0. The van der Waals surface area contributed by atoms with Crippen LogP contribution >= 0.6 is 0 Å². The van der Waals surface area contributed by atoms with E-state index in [1.165, 1.54) is 12.1 Å². The summed E-state index contributed by atoms with van der Waals surface area (Å²) in [4.78, 5) is 10.3. The van der Waals surface area contributed by atoms with Gasteiger partial charge in [0.15, 0.2) is 5.75 Å². The molecule has 0 saturated heterocycles. The molecular formula is C12H18N2O5. The van der Waals surface area contributed by atoms with Crippen molar-refractivity contribution in [2.45, 2.75) is 6.42 Å². The standard InChI is InChI=1S/C12H18N2O5/c1-17-6-3-7-18-8-9-19-11-5-2-4-10(13)12(11)14(15)16/h2,4-5H,3,6-9,13H2,1H3. The molecule has 0 aromatic heterocycles. The molecule has 0 aliphatic rings. The third kappa shape index (κ3) is 5.11. The van der Waals surface area contributed by atoms with E-state index in [2.05, 4.69) is 0 Å². The maximum Gasteiger partial charge on any atom is 0.333 e. The average Bonchev–Trinajstić information content (AvgIpc) is 2.37. The number of rotatable bonds is 9. The minimum absolute atomic E-state index is 0.0866. The van der Waals surface area contributed by atoms with Crippen LogP contribution in [-0.2, 0) is 9.47 Å². The van der Waals surface area contributed by atoms with Crippen LogP contribution in [0.3, 0.4) is 0 Å². The lowest BCUT2D eigenvalue weighted by Gasteiger charge is -2.08. The summed E-state index contributed by atoms with van der Waals surface area (Å²) in [6, 6.07) is 4.59. The minimum atomic E-state index is -0.551. The Kier molecular flexibility index (Phi) is 6.62. The molecule has 0 spiro atoms. The molecule has 0 heterocycles. The molecule has 7 nitrogen and oxygen atoms in total. The van der Waals surface area contributed by atoms with Crippen molar-refractivity contribution in [3.05, 3.63) is 28.3 Å². The third-order valence-corrected chi connectivity index (χ3v) is 2.34. The molecule has 0 unspecified atom stereocenters. The summed E-state index contributed by atoms with van der Waals surface area (Å²) in [6.45, 7) is 1.80. The Bertz CT molecular complexity index is 411. The van der Waals surface area contributed by atoms with Crippen LogP contribution in [-0.4, -0.2) is 38.5 Å². The Morgan fingerprint density at radius 3 is 2.74 bits per heavy atom. The number of nitrogens with zero attached hydrogens (tertiary/aromatic N) is 1. The monoisotopic (exact) mass is 270 g/mol. The Hall–Kier alpha value is -1.86. The van der Waals surface area contributed by atoms with Crippen molar-refractivity contribution in [2.75, 3.05) is 39.3 Å². The quantitative estimate of drug-likeness (QED) is 0.317. The number of methoxy groups -OCH3 is 1. The molecule has 0 atom stereocenters. The molecule has 0 saturated carbocycles. The van der Waals surface area contributed by atoms with E-state index in [0.717, 1.165) is 6.42 Å². The number of nitro benzene ring substituents is 1. The van der Waals surface area contributed by atoms with Crippen molar-refractivity contribution in [2.24, 2.45) is 0 Å². The van der Waals surface area contributed by atoms with E-state index >= 15 is 0 Å². The number of nitro groups is 1. The zero-order valence-electron chi connectivity index (χ0n) is 10.8. The second-order valence-corrected chi connectivity index (χ2v) is 3.76. The van der Waals surface area contributed by atoms with Gasteiger partial charge < -0.3 is 19.9 Å². The van der Waals surface area contributed by atoms with Crippen LogP contribution in [0.1, 0.15) is 6.42 Å². The van der Waals surface area contributed by atoms with Gasteiger partial charge in [0.2, 0.25) is 0 Å². The summed E-state index contributed by atoms with van der Waals surface area (Å²) in [7, 11) is 1.63.